The first-order valence-corrected chi connectivity index (χ1v) is 14.5. The molecule has 42 heavy (non-hydrogen) atoms. The minimum absolute atomic E-state index is 0.239. The van der Waals surface area contributed by atoms with Crippen molar-refractivity contribution < 1.29 is 23.9 Å². The Morgan fingerprint density at radius 3 is 2.52 bits per heavy atom. The molecule has 2 heterocycles. The first-order chi connectivity index (χ1) is 20.6. The molecule has 0 saturated carbocycles. The summed E-state index contributed by atoms with van der Waals surface area (Å²) in [5, 5.41) is 4.64. The Morgan fingerprint density at radius 2 is 1.64 bits per heavy atom. The van der Waals surface area contributed by atoms with Crippen LogP contribution in [0.15, 0.2) is 95.9 Å². The predicted octanol–water partition coefficient (Wildman–Crippen LogP) is 5.93. The van der Waals surface area contributed by atoms with Crippen molar-refractivity contribution in [3.05, 3.63) is 107 Å². The summed E-state index contributed by atoms with van der Waals surface area (Å²) in [5.74, 6) is -0.363. The highest BCUT2D eigenvalue weighted by Gasteiger charge is 2.36. The van der Waals surface area contributed by atoms with E-state index < -0.39 is 17.1 Å². The van der Waals surface area contributed by atoms with E-state index in [1.807, 2.05) is 72.8 Å². The van der Waals surface area contributed by atoms with Gasteiger partial charge in [0.2, 0.25) is 5.91 Å². The van der Waals surface area contributed by atoms with Crippen molar-refractivity contribution in [2.24, 2.45) is 0 Å². The fraction of sp³-hybridized carbons (Fsp3) is 0.182. The average Bonchev–Trinajstić information content (AvgIpc) is 3.28. The van der Waals surface area contributed by atoms with Gasteiger partial charge in [-0.2, -0.15) is 0 Å². The Morgan fingerprint density at radius 1 is 0.905 bits per heavy atom. The number of imide groups is 1. The van der Waals surface area contributed by atoms with Crippen molar-refractivity contribution in [3.8, 4) is 5.75 Å². The first kappa shape index (κ1) is 27.6. The Labute approximate surface area is 247 Å². The van der Waals surface area contributed by atoms with Crippen LogP contribution in [-0.4, -0.2) is 54.8 Å². The number of hydrogen-bond donors (Lipinski definition) is 1. The lowest BCUT2D eigenvalue weighted by Gasteiger charge is -2.30. The van der Waals surface area contributed by atoms with Gasteiger partial charge in [0.25, 0.3) is 11.1 Å². The Bertz CT molecular complexity index is 1680. The van der Waals surface area contributed by atoms with E-state index in [2.05, 4.69) is 28.4 Å². The zero-order chi connectivity index (χ0) is 28.9. The number of ether oxygens (including phenoxy) is 2. The molecule has 6 rings (SSSR count). The fourth-order valence-electron chi connectivity index (χ4n) is 5.08. The van der Waals surface area contributed by atoms with Gasteiger partial charge in [0, 0.05) is 18.7 Å². The van der Waals surface area contributed by atoms with Crippen LogP contribution in [0.1, 0.15) is 11.1 Å². The maximum absolute atomic E-state index is 13.2. The number of morpholine rings is 1. The van der Waals surface area contributed by atoms with Crippen LogP contribution in [0.4, 0.5) is 16.2 Å². The van der Waals surface area contributed by atoms with Crippen LogP contribution >= 0.6 is 11.8 Å². The van der Waals surface area contributed by atoms with Crippen LogP contribution in [0.2, 0.25) is 0 Å². The molecule has 2 aliphatic heterocycles. The number of amides is 3. The van der Waals surface area contributed by atoms with Crippen molar-refractivity contribution in [2.45, 2.75) is 6.61 Å². The number of fused-ring (bicyclic) bond motifs is 1. The van der Waals surface area contributed by atoms with Crippen molar-refractivity contribution >= 4 is 57.0 Å². The number of hydrogen-bond acceptors (Lipinski definition) is 7. The van der Waals surface area contributed by atoms with Crippen molar-refractivity contribution in [1.29, 1.82) is 0 Å². The van der Waals surface area contributed by atoms with E-state index in [-0.39, 0.29) is 11.4 Å². The topological polar surface area (TPSA) is 88.2 Å². The molecule has 1 N–H and O–H groups in total. The van der Waals surface area contributed by atoms with Crippen LogP contribution < -0.4 is 15.0 Å². The molecule has 2 fully saturated rings. The molecular formula is C33H29N3O5S. The lowest BCUT2D eigenvalue weighted by molar-refractivity contribution is -0.127. The summed E-state index contributed by atoms with van der Waals surface area (Å²) in [4.78, 5) is 42.4. The quantitative estimate of drug-likeness (QED) is 0.259. The first-order valence-electron chi connectivity index (χ1n) is 13.7. The van der Waals surface area contributed by atoms with Crippen LogP contribution in [0.25, 0.3) is 16.8 Å². The second kappa shape index (κ2) is 12.5. The molecule has 4 aromatic carbocycles. The molecule has 0 atom stereocenters. The Kier molecular flexibility index (Phi) is 8.21. The molecule has 2 aliphatic rings. The second-order valence-corrected chi connectivity index (χ2v) is 10.9. The molecule has 0 spiro atoms. The summed E-state index contributed by atoms with van der Waals surface area (Å²) < 4.78 is 11.6. The van der Waals surface area contributed by atoms with Crippen LogP contribution in [0, 0.1) is 0 Å². The third-order valence-corrected chi connectivity index (χ3v) is 8.08. The van der Waals surface area contributed by atoms with Crippen LogP contribution in [-0.2, 0) is 20.9 Å². The van der Waals surface area contributed by atoms with E-state index in [1.165, 1.54) is 0 Å². The summed E-state index contributed by atoms with van der Waals surface area (Å²) >= 11 is 0.817. The van der Waals surface area contributed by atoms with Gasteiger partial charge in [0.15, 0.2) is 0 Å². The molecule has 8 nitrogen and oxygen atoms in total. The molecule has 0 aromatic heterocycles. The number of anilines is 2. The normalized spacial score (nSPS) is 16.3. The smallest absolute Gasteiger partial charge is 0.294 e. The van der Waals surface area contributed by atoms with Gasteiger partial charge < -0.3 is 19.7 Å². The van der Waals surface area contributed by atoms with E-state index >= 15 is 0 Å². The largest absolute Gasteiger partial charge is 0.488 e. The highest BCUT2D eigenvalue weighted by molar-refractivity contribution is 8.18. The maximum atomic E-state index is 13.2. The minimum atomic E-state index is -0.509. The highest BCUT2D eigenvalue weighted by Crippen LogP contribution is 2.34. The van der Waals surface area contributed by atoms with Crippen molar-refractivity contribution in [2.75, 3.05) is 43.1 Å². The second-order valence-electron chi connectivity index (χ2n) is 9.90. The predicted molar refractivity (Wildman–Crippen MR) is 166 cm³/mol. The number of rotatable bonds is 8. The third kappa shape index (κ3) is 6.02. The molecule has 9 heteroatoms. The molecule has 0 unspecified atom stereocenters. The fourth-order valence-corrected chi connectivity index (χ4v) is 5.90. The van der Waals surface area contributed by atoms with E-state index in [4.69, 9.17) is 9.47 Å². The summed E-state index contributed by atoms with van der Waals surface area (Å²) in [7, 11) is 0. The number of carbonyl (C=O) groups is 3. The number of carbonyl (C=O) groups excluding carboxylic acids is 3. The maximum Gasteiger partial charge on any atom is 0.294 e. The van der Waals surface area contributed by atoms with Gasteiger partial charge in [-0.05, 0) is 52.4 Å². The molecule has 2 saturated heterocycles. The number of thioether (sulfide) groups is 1. The molecule has 0 radical (unpaired) electrons. The molecular weight excluding hydrogens is 550 g/mol. The lowest BCUT2D eigenvalue weighted by atomic mass is 10.1. The minimum Gasteiger partial charge on any atom is -0.488 e. The Hall–Kier alpha value is -4.60. The van der Waals surface area contributed by atoms with Gasteiger partial charge in [-0.1, -0.05) is 72.8 Å². The van der Waals surface area contributed by atoms with Gasteiger partial charge in [0.05, 0.1) is 29.5 Å². The van der Waals surface area contributed by atoms with Crippen LogP contribution in [0.3, 0.4) is 0 Å². The number of benzene rings is 4. The van der Waals surface area contributed by atoms with Gasteiger partial charge >= 0.3 is 0 Å². The van der Waals surface area contributed by atoms with Gasteiger partial charge in [0.1, 0.15) is 18.9 Å². The number of para-hydroxylation sites is 3. The summed E-state index contributed by atoms with van der Waals surface area (Å²) in [5.41, 5.74) is 3.23. The van der Waals surface area contributed by atoms with E-state index in [1.54, 1.807) is 6.08 Å². The number of nitrogens with zero attached hydrogens (tertiary/aromatic N) is 2. The molecule has 3 amide bonds. The van der Waals surface area contributed by atoms with Crippen LogP contribution in [0.5, 0.6) is 5.75 Å². The van der Waals surface area contributed by atoms with Gasteiger partial charge in [-0.15, -0.1) is 0 Å². The van der Waals surface area contributed by atoms with E-state index in [0.29, 0.717) is 49.9 Å². The van der Waals surface area contributed by atoms with Crippen molar-refractivity contribution in [3.63, 3.8) is 0 Å². The zero-order valence-electron chi connectivity index (χ0n) is 22.8. The van der Waals surface area contributed by atoms with E-state index in [9.17, 15) is 14.4 Å². The SMILES string of the molecule is O=C(CN1C(=O)S/C(=C\c2ccccc2OCc2cccc3ccccc23)C1=O)Nc1ccccc1N1CCOCC1. The van der Waals surface area contributed by atoms with Gasteiger partial charge in [-0.25, -0.2) is 0 Å². The summed E-state index contributed by atoms with van der Waals surface area (Å²) in [6.45, 7) is 2.63. The molecule has 0 aliphatic carbocycles. The summed E-state index contributed by atoms with van der Waals surface area (Å²) in [6, 6.07) is 29.1. The standard InChI is InChI=1S/C33H29N3O5S/c37-31(34-27-13-4-5-14-28(27)35-16-18-40-19-17-35)21-36-32(38)30(42-33(36)39)20-24-9-2-6-15-29(24)41-22-25-11-7-10-23-8-1-3-12-26(23)25/h1-15,20H,16-19,21-22H2,(H,34,37)/b30-20-. The van der Waals surface area contributed by atoms with Gasteiger partial charge in [-0.3, -0.25) is 19.3 Å². The highest BCUT2D eigenvalue weighted by atomic mass is 32.2. The molecule has 212 valence electrons. The Balaban J connectivity index is 1.14. The lowest BCUT2D eigenvalue weighted by Crippen LogP contribution is -2.38. The average molecular weight is 580 g/mol. The summed E-state index contributed by atoms with van der Waals surface area (Å²) in [6.07, 6.45) is 1.65. The monoisotopic (exact) mass is 579 g/mol. The third-order valence-electron chi connectivity index (χ3n) is 7.17. The van der Waals surface area contributed by atoms with E-state index in [0.717, 1.165) is 38.7 Å². The van der Waals surface area contributed by atoms with Crippen molar-refractivity contribution in [1.82, 2.24) is 4.90 Å². The zero-order valence-corrected chi connectivity index (χ0v) is 23.6. The molecule has 4 aromatic rings. The number of nitrogens with one attached hydrogen (secondary N) is 1. The molecule has 0 bridgehead atoms.